The lowest BCUT2D eigenvalue weighted by Crippen LogP contribution is -2.45. The fourth-order valence-electron chi connectivity index (χ4n) is 4.65. The van der Waals surface area contributed by atoms with Crippen LogP contribution in [0.2, 0.25) is 0 Å². The van der Waals surface area contributed by atoms with Crippen LogP contribution in [0.1, 0.15) is 19.3 Å². The van der Waals surface area contributed by atoms with Gasteiger partial charge in [0, 0.05) is 41.9 Å². The summed E-state index contributed by atoms with van der Waals surface area (Å²) in [6.07, 6.45) is 7.61. The third-order valence-electron chi connectivity index (χ3n) is 7.56. The van der Waals surface area contributed by atoms with Gasteiger partial charge in [-0.05, 0) is 19.3 Å². The molecule has 0 rings (SSSR count). The van der Waals surface area contributed by atoms with E-state index in [0.29, 0.717) is 19.3 Å². The van der Waals surface area contributed by atoms with Crippen molar-refractivity contribution in [1.29, 1.82) is 0 Å². The standard InChI is InChI=1S/C41H60O18/c1-7-34(42)54-16-14-13-15-40(27-48-17-22-55-35(43)8-2,28-49-18-23-56-36(44)9-3)29-53-33-41(30-50-19-24-57-37(45)10-4,31-51-20-25-58-38(46)11-5)32-52-21-26-59-39(47)12-6/h7-12H,1-6,13-33H2. The summed E-state index contributed by atoms with van der Waals surface area (Å²) in [4.78, 5) is 69.5. The van der Waals surface area contributed by atoms with Crippen LogP contribution in [0.3, 0.4) is 0 Å². The van der Waals surface area contributed by atoms with Crippen LogP contribution in [-0.4, -0.2) is 155 Å². The second-order valence-electron chi connectivity index (χ2n) is 12.4. The zero-order chi connectivity index (χ0) is 44.0. The van der Waals surface area contributed by atoms with Gasteiger partial charge in [-0.25, -0.2) is 28.8 Å². The van der Waals surface area contributed by atoms with Crippen LogP contribution in [0.15, 0.2) is 75.9 Å². The number of hydrogen-bond acceptors (Lipinski definition) is 18. The number of carbonyl (C=O) groups is 6. The maximum absolute atomic E-state index is 11.6. The van der Waals surface area contributed by atoms with Crippen LogP contribution >= 0.6 is 0 Å². The maximum atomic E-state index is 11.6. The van der Waals surface area contributed by atoms with E-state index < -0.39 is 46.6 Å². The SMILES string of the molecule is C=CC(=O)OCCCCC(COCCOC(=O)C=C)(COCCOC(=O)C=C)COCC(COCCOC(=O)C=C)(COCCOC(=O)C=C)COCCOC(=O)C=C. The largest absolute Gasteiger partial charge is 0.463 e. The molecule has 0 aromatic carbocycles. The van der Waals surface area contributed by atoms with Crippen molar-refractivity contribution >= 4 is 35.8 Å². The number of carbonyl (C=O) groups excluding carboxylic acids is 6. The van der Waals surface area contributed by atoms with E-state index in [1.807, 2.05) is 0 Å². The van der Waals surface area contributed by atoms with Crippen molar-refractivity contribution in [3.8, 4) is 0 Å². The highest BCUT2D eigenvalue weighted by Gasteiger charge is 2.36. The lowest BCUT2D eigenvalue weighted by molar-refractivity contribution is -0.150. The molecule has 18 nitrogen and oxygen atoms in total. The summed E-state index contributed by atoms with van der Waals surface area (Å²) in [7, 11) is 0. The number of ether oxygens (including phenoxy) is 12. The van der Waals surface area contributed by atoms with E-state index in [9.17, 15) is 28.8 Å². The molecule has 0 amide bonds. The van der Waals surface area contributed by atoms with Crippen LogP contribution in [-0.2, 0) is 85.6 Å². The van der Waals surface area contributed by atoms with Gasteiger partial charge >= 0.3 is 35.8 Å². The van der Waals surface area contributed by atoms with Crippen LogP contribution in [0, 0.1) is 10.8 Å². The van der Waals surface area contributed by atoms with Crippen molar-refractivity contribution in [3.05, 3.63) is 75.9 Å². The van der Waals surface area contributed by atoms with E-state index in [0.717, 1.165) is 36.5 Å². The first-order chi connectivity index (χ1) is 28.4. The zero-order valence-electron chi connectivity index (χ0n) is 33.9. The smallest absolute Gasteiger partial charge is 0.330 e. The highest BCUT2D eigenvalue weighted by atomic mass is 16.6. The molecule has 0 atom stereocenters. The van der Waals surface area contributed by atoms with Crippen LogP contribution in [0.25, 0.3) is 0 Å². The lowest BCUT2D eigenvalue weighted by atomic mass is 9.84. The number of rotatable bonds is 40. The highest BCUT2D eigenvalue weighted by Crippen LogP contribution is 2.29. The molecule has 0 saturated heterocycles. The molecule has 0 N–H and O–H groups in total. The molecule has 0 aliphatic rings. The molecular weight excluding hydrogens is 780 g/mol. The Morgan fingerprint density at radius 3 is 0.831 bits per heavy atom. The first kappa shape index (κ1) is 54.0. The molecule has 0 spiro atoms. The minimum absolute atomic E-state index is 0.00489. The van der Waals surface area contributed by atoms with Crippen molar-refractivity contribution in [3.63, 3.8) is 0 Å². The molecule has 0 aliphatic carbocycles. The van der Waals surface area contributed by atoms with Gasteiger partial charge in [-0.2, -0.15) is 0 Å². The van der Waals surface area contributed by atoms with E-state index in [-0.39, 0.29) is 119 Å². The summed E-state index contributed by atoms with van der Waals surface area (Å²) in [5, 5.41) is 0. The molecule has 0 saturated carbocycles. The molecule has 0 bridgehead atoms. The quantitative estimate of drug-likeness (QED) is 0.0375. The summed E-state index contributed by atoms with van der Waals surface area (Å²) in [6.45, 7) is 20.0. The van der Waals surface area contributed by atoms with Gasteiger partial charge in [0.1, 0.15) is 33.0 Å². The van der Waals surface area contributed by atoms with E-state index in [1.165, 1.54) is 0 Å². The molecular formula is C41H60O18. The number of esters is 6. The predicted molar refractivity (Wildman–Crippen MR) is 211 cm³/mol. The van der Waals surface area contributed by atoms with E-state index in [4.69, 9.17) is 56.8 Å². The van der Waals surface area contributed by atoms with Crippen molar-refractivity contribution in [2.75, 3.05) is 119 Å². The Morgan fingerprint density at radius 2 is 0.542 bits per heavy atom. The maximum Gasteiger partial charge on any atom is 0.330 e. The van der Waals surface area contributed by atoms with E-state index >= 15 is 0 Å². The Bertz CT molecular complexity index is 1080. The second-order valence-corrected chi connectivity index (χ2v) is 12.4. The molecule has 0 aliphatic heterocycles. The average molecular weight is 841 g/mol. The topological polar surface area (TPSA) is 213 Å². The van der Waals surface area contributed by atoms with E-state index in [2.05, 4.69) is 39.5 Å². The number of unbranched alkanes of at least 4 members (excludes halogenated alkanes) is 1. The van der Waals surface area contributed by atoms with E-state index in [1.54, 1.807) is 0 Å². The van der Waals surface area contributed by atoms with Gasteiger partial charge in [0.2, 0.25) is 0 Å². The molecule has 0 heterocycles. The van der Waals surface area contributed by atoms with Gasteiger partial charge in [-0.15, -0.1) is 0 Å². The first-order valence-electron chi connectivity index (χ1n) is 18.7. The monoisotopic (exact) mass is 840 g/mol. The van der Waals surface area contributed by atoms with Gasteiger partial charge in [-0.1, -0.05) is 39.5 Å². The molecule has 18 heteroatoms. The summed E-state index contributed by atoms with van der Waals surface area (Å²) in [6, 6.07) is 0. The highest BCUT2D eigenvalue weighted by molar-refractivity contribution is 5.82. The molecule has 0 fully saturated rings. The third-order valence-corrected chi connectivity index (χ3v) is 7.56. The molecule has 0 aromatic heterocycles. The van der Waals surface area contributed by atoms with Crippen LogP contribution in [0.4, 0.5) is 0 Å². The van der Waals surface area contributed by atoms with Gasteiger partial charge in [-0.3, -0.25) is 0 Å². The van der Waals surface area contributed by atoms with Crippen LogP contribution in [0.5, 0.6) is 0 Å². The summed E-state index contributed by atoms with van der Waals surface area (Å²) in [5.41, 5.74) is -1.93. The normalized spacial score (nSPS) is 11.0. The van der Waals surface area contributed by atoms with Gasteiger partial charge < -0.3 is 56.8 Å². The Kier molecular flexibility index (Phi) is 32.1. The third kappa shape index (κ3) is 29.0. The molecule has 0 radical (unpaired) electrons. The van der Waals surface area contributed by atoms with Crippen LogP contribution < -0.4 is 0 Å². The van der Waals surface area contributed by atoms with Crippen molar-refractivity contribution < 1.29 is 85.6 Å². The van der Waals surface area contributed by atoms with Gasteiger partial charge in [0.25, 0.3) is 0 Å². The van der Waals surface area contributed by atoms with Gasteiger partial charge in [0.05, 0.1) is 91.3 Å². The summed E-state index contributed by atoms with van der Waals surface area (Å²) in [5.74, 6) is -3.68. The Morgan fingerprint density at radius 1 is 0.305 bits per heavy atom. The Hall–Kier alpha value is -4.98. The fraction of sp³-hybridized carbons (Fsp3) is 0.561. The first-order valence-corrected chi connectivity index (χ1v) is 18.7. The van der Waals surface area contributed by atoms with Crippen molar-refractivity contribution in [2.45, 2.75) is 19.3 Å². The predicted octanol–water partition coefficient (Wildman–Crippen LogP) is 2.60. The minimum Gasteiger partial charge on any atom is -0.463 e. The number of hydrogen-bond donors (Lipinski definition) is 0. The zero-order valence-corrected chi connectivity index (χ0v) is 33.9. The average Bonchev–Trinajstić information content (AvgIpc) is 3.24. The lowest BCUT2D eigenvalue weighted by Gasteiger charge is -2.37. The summed E-state index contributed by atoms with van der Waals surface area (Å²) < 4.78 is 66.5. The second kappa shape index (κ2) is 35.0. The summed E-state index contributed by atoms with van der Waals surface area (Å²) >= 11 is 0. The minimum atomic E-state index is -1.06. The fourth-order valence-corrected chi connectivity index (χ4v) is 4.65. The molecule has 0 aromatic rings. The Labute approximate surface area is 346 Å². The van der Waals surface area contributed by atoms with Crippen molar-refractivity contribution in [1.82, 2.24) is 0 Å². The molecule has 332 valence electrons. The molecule has 59 heavy (non-hydrogen) atoms. The molecule has 0 unspecified atom stereocenters. The Balaban J connectivity index is 6.43. The van der Waals surface area contributed by atoms with Crippen molar-refractivity contribution in [2.24, 2.45) is 10.8 Å². The van der Waals surface area contributed by atoms with Gasteiger partial charge in [0.15, 0.2) is 0 Å².